The molecule has 6 heteroatoms. The summed E-state index contributed by atoms with van der Waals surface area (Å²) < 4.78 is 5.35. The Hall–Kier alpha value is -2.79. The van der Waals surface area contributed by atoms with Crippen molar-refractivity contribution >= 4 is 17.6 Å². The highest BCUT2D eigenvalue weighted by atomic mass is 35.5. The Morgan fingerprint density at radius 3 is 2.50 bits per heavy atom. The van der Waals surface area contributed by atoms with E-state index in [9.17, 15) is 4.79 Å². The Balaban J connectivity index is 1.51. The number of pyridine rings is 1. The average Bonchev–Trinajstić information content (AvgIpc) is 3.14. The summed E-state index contributed by atoms with van der Waals surface area (Å²) in [6, 6.07) is 12.7. The molecule has 24 heavy (non-hydrogen) atoms. The number of carbonyl (C=O) groups is 1. The van der Waals surface area contributed by atoms with Gasteiger partial charge in [0.05, 0.1) is 6.26 Å². The first-order valence-corrected chi connectivity index (χ1v) is 7.82. The summed E-state index contributed by atoms with van der Waals surface area (Å²) in [7, 11) is 0. The molecule has 0 atom stereocenters. The van der Waals surface area contributed by atoms with Gasteiger partial charge in [0.1, 0.15) is 5.76 Å². The van der Waals surface area contributed by atoms with Crippen LogP contribution in [0.4, 0.5) is 4.79 Å². The number of furan rings is 1. The van der Waals surface area contributed by atoms with Crippen LogP contribution in [0.5, 0.6) is 0 Å². The molecule has 0 unspecified atom stereocenters. The molecule has 5 nitrogen and oxygen atoms in total. The van der Waals surface area contributed by atoms with Gasteiger partial charge in [0.2, 0.25) is 0 Å². The fourth-order valence-electron chi connectivity index (χ4n) is 2.19. The van der Waals surface area contributed by atoms with Crippen molar-refractivity contribution in [3.8, 4) is 11.3 Å². The largest absolute Gasteiger partial charge is 0.464 e. The number of hydrogen-bond donors (Lipinski definition) is 2. The Bertz CT molecular complexity index is 801. The molecule has 2 heterocycles. The predicted octanol–water partition coefficient (Wildman–Crippen LogP) is 3.99. The lowest BCUT2D eigenvalue weighted by Gasteiger charge is -2.08. The summed E-state index contributed by atoms with van der Waals surface area (Å²) >= 11 is 5.83. The van der Waals surface area contributed by atoms with Gasteiger partial charge < -0.3 is 15.1 Å². The number of benzene rings is 1. The molecule has 0 saturated heterocycles. The van der Waals surface area contributed by atoms with Gasteiger partial charge in [0.15, 0.2) is 0 Å². The molecule has 0 aliphatic heterocycles. The second-order valence-electron chi connectivity index (χ2n) is 5.22. The van der Waals surface area contributed by atoms with Crippen LogP contribution in [0.1, 0.15) is 11.1 Å². The molecule has 0 aliphatic carbocycles. The number of rotatable bonds is 5. The van der Waals surface area contributed by atoms with Crippen LogP contribution in [-0.4, -0.2) is 11.0 Å². The molecule has 0 spiro atoms. The van der Waals surface area contributed by atoms with Gasteiger partial charge in [-0.1, -0.05) is 23.7 Å². The van der Waals surface area contributed by atoms with Gasteiger partial charge in [-0.25, -0.2) is 4.79 Å². The minimum absolute atomic E-state index is 0.242. The van der Waals surface area contributed by atoms with Crippen molar-refractivity contribution in [1.29, 1.82) is 0 Å². The second kappa shape index (κ2) is 7.66. The Morgan fingerprint density at radius 2 is 1.79 bits per heavy atom. The molecular formula is C18H16ClN3O2. The van der Waals surface area contributed by atoms with Gasteiger partial charge in [-0.05, 0) is 41.5 Å². The Morgan fingerprint density at radius 1 is 1.04 bits per heavy atom. The molecule has 0 radical (unpaired) electrons. The van der Waals surface area contributed by atoms with Crippen LogP contribution < -0.4 is 10.6 Å². The number of hydrogen-bond acceptors (Lipinski definition) is 3. The number of amides is 2. The van der Waals surface area contributed by atoms with E-state index in [1.54, 1.807) is 30.8 Å². The fraction of sp³-hybridized carbons (Fsp3) is 0.111. The number of urea groups is 1. The van der Waals surface area contributed by atoms with Crippen molar-refractivity contribution < 1.29 is 9.21 Å². The fourth-order valence-corrected chi connectivity index (χ4v) is 2.32. The van der Waals surface area contributed by atoms with E-state index >= 15 is 0 Å². The highest BCUT2D eigenvalue weighted by Crippen LogP contribution is 2.19. The summed E-state index contributed by atoms with van der Waals surface area (Å²) in [4.78, 5) is 16.1. The first-order valence-electron chi connectivity index (χ1n) is 7.44. The molecule has 0 saturated carbocycles. The average molecular weight is 342 g/mol. The Labute approximate surface area is 144 Å². The topological polar surface area (TPSA) is 67.2 Å². The lowest BCUT2D eigenvalue weighted by atomic mass is 10.1. The molecular weight excluding hydrogens is 326 g/mol. The van der Waals surface area contributed by atoms with E-state index in [0.717, 1.165) is 22.5 Å². The van der Waals surface area contributed by atoms with Crippen LogP contribution in [0.25, 0.3) is 11.3 Å². The van der Waals surface area contributed by atoms with E-state index in [0.29, 0.717) is 18.1 Å². The highest BCUT2D eigenvalue weighted by Gasteiger charge is 2.05. The van der Waals surface area contributed by atoms with E-state index in [2.05, 4.69) is 15.6 Å². The van der Waals surface area contributed by atoms with Crippen molar-refractivity contribution in [2.24, 2.45) is 0 Å². The molecule has 0 fully saturated rings. The molecule has 3 rings (SSSR count). The SMILES string of the molecule is O=C(NCc1ccc(Cl)cc1)NCc1cncc(-c2ccco2)c1. The first-order chi connectivity index (χ1) is 11.7. The monoisotopic (exact) mass is 341 g/mol. The van der Waals surface area contributed by atoms with E-state index < -0.39 is 0 Å². The van der Waals surface area contributed by atoms with Gasteiger partial charge >= 0.3 is 6.03 Å². The number of halogens is 1. The van der Waals surface area contributed by atoms with Crippen molar-refractivity contribution in [2.45, 2.75) is 13.1 Å². The Kier molecular flexibility index (Phi) is 5.13. The number of nitrogens with one attached hydrogen (secondary N) is 2. The zero-order valence-electron chi connectivity index (χ0n) is 12.8. The second-order valence-corrected chi connectivity index (χ2v) is 5.66. The summed E-state index contributed by atoms with van der Waals surface area (Å²) in [6.07, 6.45) is 5.05. The standard InChI is InChI=1S/C18H16ClN3O2/c19-16-5-3-13(4-6-16)10-21-18(23)22-11-14-8-15(12-20-9-14)17-2-1-7-24-17/h1-9,12H,10-11H2,(H2,21,22,23). The van der Waals surface area contributed by atoms with Gasteiger partial charge in [0, 0.05) is 36.1 Å². The van der Waals surface area contributed by atoms with Gasteiger partial charge in [-0.2, -0.15) is 0 Å². The molecule has 122 valence electrons. The highest BCUT2D eigenvalue weighted by molar-refractivity contribution is 6.30. The van der Waals surface area contributed by atoms with Crippen LogP contribution in [0.2, 0.25) is 5.02 Å². The van der Waals surface area contributed by atoms with Crippen LogP contribution in [0, 0.1) is 0 Å². The molecule has 2 amide bonds. The van der Waals surface area contributed by atoms with Gasteiger partial charge in [-0.3, -0.25) is 4.98 Å². The van der Waals surface area contributed by atoms with Gasteiger partial charge in [0.25, 0.3) is 0 Å². The minimum Gasteiger partial charge on any atom is -0.464 e. The maximum atomic E-state index is 11.9. The lowest BCUT2D eigenvalue weighted by molar-refractivity contribution is 0.240. The molecule has 0 aliphatic rings. The third-order valence-corrected chi connectivity index (χ3v) is 3.67. The zero-order chi connectivity index (χ0) is 16.8. The minimum atomic E-state index is -0.242. The zero-order valence-corrected chi connectivity index (χ0v) is 13.6. The number of nitrogens with zero attached hydrogens (tertiary/aromatic N) is 1. The number of aromatic nitrogens is 1. The van der Waals surface area contributed by atoms with E-state index in [4.69, 9.17) is 16.0 Å². The molecule has 1 aromatic carbocycles. The molecule has 0 bridgehead atoms. The van der Waals surface area contributed by atoms with Crippen LogP contribution >= 0.6 is 11.6 Å². The summed E-state index contributed by atoms with van der Waals surface area (Å²) in [5, 5.41) is 6.28. The summed E-state index contributed by atoms with van der Waals surface area (Å²) in [5.74, 6) is 0.747. The van der Waals surface area contributed by atoms with E-state index in [1.807, 2.05) is 30.3 Å². The smallest absolute Gasteiger partial charge is 0.315 e. The molecule has 2 N–H and O–H groups in total. The molecule has 3 aromatic rings. The van der Waals surface area contributed by atoms with Crippen molar-refractivity contribution in [3.63, 3.8) is 0 Å². The lowest BCUT2D eigenvalue weighted by Crippen LogP contribution is -2.34. The quantitative estimate of drug-likeness (QED) is 0.737. The summed E-state index contributed by atoms with van der Waals surface area (Å²) in [5.41, 5.74) is 2.75. The third-order valence-electron chi connectivity index (χ3n) is 3.42. The van der Waals surface area contributed by atoms with Crippen molar-refractivity contribution in [1.82, 2.24) is 15.6 Å². The number of carbonyl (C=O) groups excluding carboxylic acids is 1. The van der Waals surface area contributed by atoms with Crippen molar-refractivity contribution in [2.75, 3.05) is 0 Å². The first kappa shape index (κ1) is 16.1. The van der Waals surface area contributed by atoms with E-state index in [1.165, 1.54) is 0 Å². The van der Waals surface area contributed by atoms with Crippen LogP contribution in [0.3, 0.4) is 0 Å². The normalized spacial score (nSPS) is 10.4. The summed E-state index contributed by atoms with van der Waals surface area (Å²) in [6.45, 7) is 0.821. The predicted molar refractivity (Wildman–Crippen MR) is 92.5 cm³/mol. The van der Waals surface area contributed by atoms with Crippen LogP contribution in [-0.2, 0) is 13.1 Å². The molecule has 2 aromatic heterocycles. The maximum absolute atomic E-state index is 11.9. The van der Waals surface area contributed by atoms with Crippen molar-refractivity contribution in [3.05, 3.63) is 77.3 Å². The van der Waals surface area contributed by atoms with Crippen LogP contribution in [0.15, 0.2) is 65.5 Å². The third kappa shape index (κ3) is 4.36. The van der Waals surface area contributed by atoms with E-state index in [-0.39, 0.29) is 6.03 Å². The van der Waals surface area contributed by atoms with Gasteiger partial charge in [-0.15, -0.1) is 0 Å². The maximum Gasteiger partial charge on any atom is 0.315 e.